The minimum atomic E-state index is -3.83. The molecule has 1 saturated heterocycles. The molecule has 0 bridgehead atoms. The third-order valence-corrected chi connectivity index (χ3v) is 9.48. The van der Waals surface area contributed by atoms with Gasteiger partial charge in [-0.2, -0.15) is 8.61 Å². The molecule has 2 aromatic rings. The van der Waals surface area contributed by atoms with E-state index in [2.05, 4.69) is 4.74 Å². The normalized spacial score (nSPS) is 16.3. The molecule has 8 nitrogen and oxygen atoms in total. The summed E-state index contributed by atoms with van der Waals surface area (Å²) >= 11 is 0. The highest BCUT2D eigenvalue weighted by Crippen LogP contribution is 2.25. The van der Waals surface area contributed by atoms with Crippen LogP contribution in [0.5, 0.6) is 0 Å². The third kappa shape index (κ3) is 4.52. The Morgan fingerprint density at radius 2 is 1.35 bits per heavy atom. The molecule has 168 valence electrons. The van der Waals surface area contributed by atoms with Crippen LogP contribution in [0.1, 0.15) is 27.0 Å². The number of methoxy groups -OCH3 is 1. The lowest BCUT2D eigenvalue weighted by molar-refractivity contribution is 0.0600. The Morgan fingerprint density at radius 1 is 0.774 bits per heavy atom. The van der Waals surface area contributed by atoms with Crippen LogP contribution in [-0.4, -0.2) is 64.7 Å². The highest BCUT2D eigenvalue weighted by atomic mass is 32.2. The minimum Gasteiger partial charge on any atom is -0.465 e. The minimum absolute atomic E-state index is 0.0462. The third-order valence-electron chi connectivity index (χ3n) is 5.53. The summed E-state index contributed by atoms with van der Waals surface area (Å²) in [6, 6.07) is 9.25. The summed E-state index contributed by atoms with van der Waals surface area (Å²) in [6.07, 6.45) is 0. The fourth-order valence-electron chi connectivity index (χ4n) is 3.50. The summed E-state index contributed by atoms with van der Waals surface area (Å²) in [4.78, 5) is 12.0. The van der Waals surface area contributed by atoms with E-state index in [4.69, 9.17) is 0 Å². The number of carbonyl (C=O) groups excluding carboxylic acids is 1. The number of benzene rings is 2. The second-order valence-corrected chi connectivity index (χ2v) is 11.4. The highest BCUT2D eigenvalue weighted by molar-refractivity contribution is 7.89. The number of hydrogen-bond donors (Lipinski definition) is 0. The van der Waals surface area contributed by atoms with E-state index in [0.29, 0.717) is 5.56 Å². The van der Waals surface area contributed by atoms with Crippen LogP contribution in [0.4, 0.5) is 0 Å². The molecule has 1 aliphatic heterocycles. The smallest absolute Gasteiger partial charge is 0.337 e. The molecule has 1 heterocycles. The lowest BCUT2D eigenvalue weighted by Crippen LogP contribution is -2.50. The number of ether oxygens (including phenoxy) is 1. The summed E-state index contributed by atoms with van der Waals surface area (Å²) in [5.41, 5.74) is 2.58. The molecule has 31 heavy (non-hydrogen) atoms. The van der Waals surface area contributed by atoms with Gasteiger partial charge in [-0.3, -0.25) is 0 Å². The van der Waals surface area contributed by atoms with E-state index in [-0.39, 0.29) is 41.5 Å². The SMILES string of the molecule is COC(=O)c1ccc(S(=O)(=O)N2CCN(S(=O)(=O)c3ccc(C)c(C)c3)CC2)c(C)c1. The maximum atomic E-state index is 13.1. The summed E-state index contributed by atoms with van der Waals surface area (Å²) in [7, 11) is -6.27. The lowest BCUT2D eigenvalue weighted by Gasteiger charge is -2.33. The van der Waals surface area contributed by atoms with Crippen molar-refractivity contribution in [3.63, 3.8) is 0 Å². The monoisotopic (exact) mass is 466 g/mol. The first-order valence-corrected chi connectivity index (χ1v) is 12.6. The van der Waals surface area contributed by atoms with Crippen LogP contribution < -0.4 is 0 Å². The molecular weight excluding hydrogens is 440 g/mol. The first kappa shape index (κ1) is 23.4. The van der Waals surface area contributed by atoms with Crippen LogP contribution in [-0.2, 0) is 24.8 Å². The Hall–Kier alpha value is -2.27. The van der Waals surface area contributed by atoms with Crippen LogP contribution >= 0.6 is 0 Å². The van der Waals surface area contributed by atoms with E-state index in [1.807, 2.05) is 13.8 Å². The molecule has 2 aromatic carbocycles. The number of rotatable bonds is 5. The Balaban J connectivity index is 1.78. The molecule has 0 radical (unpaired) electrons. The van der Waals surface area contributed by atoms with Crippen molar-refractivity contribution in [1.29, 1.82) is 0 Å². The molecule has 0 saturated carbocycles. The lowest BCUT2D eigenvalue weighted by atomic mass is 10.1. The molecule has 3 rings (SSSR count). The van der Waals surface area contributed by atoms with Gasteiger partial charge in [-0.15, -0.1) is 0 Å². The highest BCUT2D eigenvalue weighted by Gasteiger charge is 2.34. The van der Waals surface area contributed by atoms with Crippen molar-refractivity contribution < 1.29 is 26.4 Å². The average Bonchev–Trinajstić information content (AvgIpc) is 2.74. The summed E-state index contributed by atoms with van der Waals surface area (Å²) in [5, 5.41) is 0. The van der Waals surface area contributed by atoms with Crippen LogP contribution in [0.15, 0.2) is 46.2 Å². The van der Waals surface area contributed by atoms with Gasteiger partial charge in [0.1, 0.15) is 0 Å². The molecule has 0 spiro atoms. The van der Waals surface area contributed by atoms with E-state index in [1.54, 1.807) is 25.1 Å². The Labute approximate surface area is 183 Å². The second kappa shape index (κ2) is 8.70. The Bertz CT molecular complexity index is 1210. The molecule has 0 amide bonds. The molecule has 0 atom stereocenters. The van der Waals surface area contributed by atoms with Gasteiger partial charge < -0.3 is 4.74 Å². The van der Waals surface area contributed by atoms with Crippen LogP contribution in [0.25, 0.3) is 0 Å². The molecule has 0 aromatic heterocycles. The van der Waals surface area contributed by atoms with Gasteiger partial charge in [-0.25, -0.2) is 21.6 Å². The van der Waals surface area contributed by atoms with Gasteiger partial charge in [0.15, 0.2) is 0 Å². The summed E-state index contributed by atoms with van der Waals surface area (Å²) in [6.45, 7) is 5.60. The number of nitrogens with zero attached hydrogens (tertiary/aromatic N) is 2. The number of piperazine rings is 1. The predicted octanol–water partition coefficient (Wildman–Crippen LogP) is 2.09. The van der Waals surface area contributed by atoms with Gasteiger partial charge in [0.05, 0.1) is 22.5 Å². The summed E-state index contributed by atoms with van der Waals surface area (Å²) in [5.74, 6) is -0.544. The van der Waals surface area contributed by atoms with Crippen LogP contribution in [0, 0.1) is 20.8 Å². The zero-order chi connectivity index (χ0) is 23.0. The summed E-state index contributed by atoms with van der Waals surface area (Å²) < 4.78 is 59.4. The Morgan fingerprint density at radius 3 is 1.87 bits per heavy atom. The van der Waals surface area contributed by atoms with Gasteiger partial charge in [-0.1, -0.05) is 6.07 Å². The number of esters is 1. The number of hydrogen-bond acceptors (Lipinski definition) is 6. The van der Waals surface area contributed by atoms with Crippen molar-refractivity contribution in [2.45, 2.75) is 30.6 Å². The topological polar surface area (TPSA) is 101 Å². The quantitative estimate of drug-likeness (QED) is 0.626. The van der Waals surface area contributed by atoms with E-state index >= 15 is 0 Å². The Kier molecular flexibility index (Phi) is 6.56. The van der Waals surface area contributed by atoms with Crippen molar-refractivity contribution in [3.8, 4) is 0 Å². The van der Waals surface area contributed by atoms with Crippen LogP contribution in [0.3, 0.4) is 0 Å². The number of carbonyl (C=O) groups is 1. The molecule has 0 N–H and O–H groups in total. The van der Waals surface area contributed by atoms with Gasteiger partial charge in [0.2, 0.25) is 20.0 Å². The van der Waals surface area contributed by atoms with Gasteiger partial charge in [-0.05, 0) is 67.8 Å². The zero-order valence-electron chi connectivity index (χ0n) is 18.0. The first-order valence-electron chi connectivity index (χ1n) is 9.75. The standard InChI is InChI=1S/C21H26N2O6S2/c1-15-5-7-19(14-16(15)2)30(25,26)22-9-11-23(12-10-22)31(27,28)20-8-6-18(13-17(20)3)21(24)29-4/h5-8,13-14H,9-12H2,1-4H3. The van der Waals surface area contributed by atoms with Gasteiger partial charge in [0.25, 0.3) is 0 Å². The average molecular weight is 467 g/mol. The molecule has 0 aliphatic carbocycles. The van der Waals surface area contributed by atoms with Crippen molar-refractivity contribution in [1.82, 2.24) is 8.61 Å². The molecule has 10 heteroatoms. The van der Waals surface area contributed by atoms with E-state index in [9.17, 15) is 21.6 Å². The van der Waals surface area contributed by atoms with Crippen LogP contribution in [0.2, 0.25) is 0 Å². The largest absolute Gasteiger partial charge is 0.465 e. The molecular formula is C21H26N2O6S2. The molecule has 0 unspecified atom stereocenters. The fraction of sp³-hybridized carbons (Fsp3) is 0.381. The van der Waals surface area contributed by atoms with Crippen molar-refractivity contribution in [2.24, 2.45) is 0 Å². The van der Waals surface area contributed by atoms with Gasteiger partial charge >= 0.3 is 5.97 Å². The molecule has 1 fully saturated rings. The predicted molar refractivity (Wildman–Crippen MR) is 116 cm³/mol. The van der Waals surface area contributed by atoms with E-state index < -0.39 is 26.0 Å². The van der Waals surface area contributed by atoms with Crippen molar-refractivity contribution in [3.05, 3.63) is 58.7 Å². The first-order chi connectivity index (χ1) is 14.5. The maximum absolute atomic E-state index is 13.1. The van der Waals surface area contributed by atoms with Gasteiger partial charge in [0, 0.05) is 26.2 Å². The maximum Gasteiger partial charge on any atom is 0.337 e. The van der Waals surface area contributed by atoms with Crippen molar-refractivity contribution in [2.75, 3.05) is 33.3 Å². The van der Waals surface area contributed by atoms with E-state index in [0.717, 1.165) is 11.1 Å². The second-order valence-electron chi connectivity index (χ2n) is 7.53. The fourth-order valence-corrected chi connectivity index (χ4v) is 6.63. The molecule has 1 aliphatic rings. The number of aryl methyl sites for hydroxylation is 3. The zero-order valence-corrected chi connectivity index (χ0v) is 19.6. The van der Waals surface area contributed by atoms with Crippen molar-refractivity contribution >= 4 is 26.0 Å². The number of sulfonamides is 2. The van der Waals surface area contributed by atoms with E-state index in [1.165, 1.54) is 33.9 Å².